The smallest absolute Gasteiger partial charge is 0.211 e. The van der Waals surface area contributed by atoms with Crippen LogP contribution in [0, 0.1) is 11.6 Å². The number of carbonyl (C=O) groups excluding carboxylic acids is 1. The highest BCUT2D eigenvalue weighted by Crippen LogP contribution is 2.43. The average Bonchev–Trinajstić information content (AvgIpc) is 3.16. The van der Waals surface area contributed by atoms with Gasteiger partial charge in [-0.3, -0.25) is 19.7 Å². The Morgan fingerprint density at radius 2 is 1.90 bits per heavy atom. The van der Waals surface area contributed by atoms with Crippen molar-refractivity contribution in [2.45, 2.75) is 31.6 Å². The number of hydrogen-bond donors (Lipinski definition) is 0. The van der Waals surface area contributed by atoms with Crippen LogP contribution in [0.15, 0.2) is 55.0 Å². The van der Waals surface area contributed by atoms with Gasteiger partial charge in [-0.25, -0.2) is 8.78 Å². The van der Waals surface area contributed by atoms with E-state index < -0.39 is 17.4 Å². The van der Waals surface area contributed by atoms with E-state index in [0.29, 0.717) is 6.61 Å². The highest BCUT2D eigenvalue weighted by atomic mass is 19.2. The number of ketones is 1. The fourth-order valence-electron chi connectivity index (χ4n) is 4.43. The van der Waals surface area contributed by atoms with Crippen LogP contribution in [-0.4, -0.2) is 33.7 Å². The molecule has 0 aliphatic carbocycles. The first kappa shape index (κ1) is 19.9. The van der Waals surface area contributed by atoms with E-state index in [0.717, 1.165) is 50.2 Å². The molecule has 0 atom stereocenters. The monoisotopic (exact) mass is 421 g/mol. The van der Waals surface area contributed by atoms with Gasteiger partial charge < -0.3 is 4.74 Å². The van der Waals surface area contributed by atoms with E-state index in [1.165, 1.54) is 17.2 Å². The maximum absolute atomic E-state index is 13.4. The van der Waals surface area contributed by atoms with Crippen molar-refractivity contribution < 1.29 is 18.3 Å². The molecule has 0 radical (unpaired) electrons. The first-order chi connectivity index (χ1) is 15.0. The van der Waals surface area contributed by atoms with Crippen molar-refractivity contribution in [3.8, 4) is 0 Å². The predicted molar refractivity (Wildman–Crippen MR) is 109 cm³/mol. The Bertz CT molecular complexity index is 1130. The predicted octanol–water partition coefficient (Wildman–Crippen LogP) is 4.01. The lowest BCUT2D eigenvalue weighted by molar-refractivity contribution is -0.0800. The van der Waals surface area contributed by atoms with Crippen LogP contribution < -0.4 is 0 Å². The van der Waals surface area contributed by atoms with Gasteiger partial charge in [0.25, 0.3) is 0 Å². The van der Waals surface area contributed by atoms with Gasteiger partial charge in [-0.1, -0.05) is 6.07 Å². The molecule has 1 spiro atoms. The maximum Gasteiger partial charge on any atom is 0.211 e. The summed E-state index contributed by atoms with van der Waals surface area (Å²) < 4.78 is 32.7. The Morgan fingerprint density at radius 1 is 1.06 bits per heavy atom. The summed E-state index contributed by atoms with van der Waals surface area (Å²) in [6.07, 6.45) is 7.23. The molecular formula is C24H21F2N3O2. The summed E-state index contributed by atoms with van der Waals surface area (Å²) >= 11 is 0. The summed E-state index contributed by atoms with van der Waals surface area (Å²) in [6, 6.07) is 8.63. The fraction of sp³-hybridized carbons (Fsp3) is 0.292. The largest absolute Gasteiger partial charge is 0.365 e. The molecule has 7 heteroatoms. The molecule has 0 unspecified atom stereocenters. The fourth-order valence-corrected chi connectivity index (χ4v) is 4.43. The molecule has 5 nitrogen and oxygen atoms in total. The zero-order valence-corrected chi connectivity index (χ0v) is 16.9. The lowest BCUT2D eigenvalue weighted by Crippen LogP contribution is -2.42. The average molecular weight is 421 g/mol. The molecule has 1 saturated heterocycles. The van der Waals surface area contributed by atoms with E-state index in [2.05, 4.69) is 14.9 Å². The third-order valence-corrected chi connectivity index (χ3v) is 6.22. The number of benzene rings is 1. The van der Waals surface area contributed by atoms with Crippen LogP contribution >= 0.6 is 0 Å². The topological polar surface area (TPSA) is 55.3 Å². The number of aromatic nitrogens is 2. The number of ether oxygens (including phenoxy) is 1. The number of halogens is 2. The van der Waals surface area contributed by atoms with Gasteiger partial charge in [0, 0.05) is 49.4 Å². The van der Waals surface area contributed by atoms with E-state index in [1.807, 2.05) is 24.5 Å². The minimum Gasteiger partial charge on any atom is -0.365 e. The minimum atomic E-state index is -1.05. The first-order valence-corrected chi connectivity index (χ1v) is 10.3. The van der Waals surface area contributed by atoms with Gasteiger partial charge >= 0.3 is 0 Å². The third-order valence-electron chi connectivity index (χ3n) is 6.22. The van der Waals surface area contributed by atoms with Crippen molar-refractivity contribution >= 4 is 5.78 Å². The van der Waals surface area contributed by atoms with Crippen LogP contribution in [0.4, 0.5) is 8.78 Å². The molecule has 0 N–H and O–H groups in total. The summed E-state index contributed by atoms with van der Waals surface area (Å²) in [7, 11) is 0. The van der Waals surface area contributed by atoms with Gasteiger partial charge in [-0.15, -0.1) is 0 Å². The molecule has 2 aliphatic heterocycles. The molecule has 1 fully saturated rings. The molecule has 4 heterocycles. The van der Waals surface area contributed by atoms with Crippen LogP contribution in [0.5, 0.6) is 0 Å². The zero-order valence-electron chi connectivity index (χ0n) is 16.9. The van der Waals surface area contributed by atoms with E-state index in [-0.39, 0.29) is 16.9 Å². The molecule has 2 aliphatic rings. The Kier molecular flexibility index (Phi) is 5.08. The zero-order chi connectivity index (χ0) is 21.4. The van der Waals surface area contributed by atoms with Gasteiger partial charge in [0.05, 0.1) is 12.2 Å². The standard InChI is InChI=1S/C24H21F2N3O2/c25-20-3-2-17(11-21(20)26)23(30)22-4-1-16(12-28-22)14-29-9-6-24(7-10-29)19-13-27-8-5-18(19)15-31-24/h1-5,8,11-13H,6-7,9-10,14-15H2. The quantitative estimate of drug-likeness (QED) is 0.596. The molecule has 0 saturated carbocycles. The van der Waals surface area contributed by atoms with E-state index in [1.54, 1.807) is 12.3 Å². The Morgan fingerprint density at radius 3 is 2.65 bits per heavy atom. The number of pyridine rings is 2. The van der Waals surface area contributed by atoms with Gasteiger partial charge in [-0.05, 0) is 54.3 Å². The molecule has 2 aromatic heterocycles. The van der Waals surface area contributed by atoms with E-state index in [4.69, 9.17) is 4.74 Å². The molecule has 0 amide bonds. The van der Waals surface area contributed by atoms with Gasteiger partial charge in [0.15, 0.2) is 11.6 Å². The van der Waals surface area contributed by atoms with Crippen molar-refractivity contribution in [2.24, 2.45) is 0 Å². The number of carbonyl (C=O) groups is 1. The number of piperidine rings is 1. The summed E-state index contributed by atoms with van der Waals surface area (Å²) in [5.41, 5.74) is 3.50. The lowest BCUT2D eigenvalue weighted by Gasteiger charge is -2.39. The van der Waals surface area contributed by atoms with Crippen LogP contribution in [0.1, 0.15) is 45.6 Å². The molecule has 31 heavy (non-hydrogen) atoms. The number of fused-ring (bicyclic) bond motifs is 2. The molecule has 5 rings (SSSR count). The molecule has 1 aromatic carbocycles. The van der Waals surface area contributed by atoms with Crippen molar-refractivity contribution in [2.75, 3.05) is 13.1 Å². The van der Waals surface area contributed by atoms with Crippen LogP contribution in [0.3, 0.4) is 0 Å². The lowest BCUT2D eigenvalue weighted by atomic mass is 9.84. The van der Waals surface area contributed by atoms with Gasteiger partial charge in [0.1, 0.15) is 5.69 Å². The van der Waals surface area contributed by atoms with Crippen LogP contribution in [0.2, 0.25) is 0 Å². The molecule has 3 aromatic rings. The number of likely N-dealkylation sites (tertiary alicyclic amines) is 1. The van der Waals surface area contributed by atoms with Crippen molar-refractivity contribution in [1.29, 1.82) is 0 Å². The highest BCUT2D eigenvalue weighted by Gasteiger charge is 2.42. The second-order valence-corrected chi connectivity index (χ2v) is 8.10. The Hall–Kier alpha value is -3.03. The third kappa shape index (κ3) is 3.75. The summed E-state index contributed by atoms with van der Waals surface area (Å²) in [5.74, 6) is -2.46. The van der Waals surface area contributed by atoms with Crippen LogP contribution in [0.25, 0.3) is 0 Å². The van der Waals surface area contributed by atoms with Crippen LogP contribution in [-0.2, 0) is 23.5 Å². The summed E-state index contributed by atoms with van der Waals surface area (Å²) in [4.78, 5) is 23.3. The van der Waals surface area contributed by atoms with Crippen molar-refractivity contribution in [3.63, 3.8) is 0 Å². The first-order valence-electron chi connectivity index (χ1n) is 10.3. The van der Waals surface area contributed by atoms with E-state index in [9.17, 15) is 13.6 Å². The second-order valence-electron chi connectivity index (χ2n) is 8.10. The van der Waals surface area contributed by atoms with E-state index >= 15 is 0 Å². The summed E-state index contributed by atoms with van der Waals surface area (Å²) in [5, 5.41) is 0. The SMILES string of the molecule is O=C(c1ccc(F)c(F)c1)c1ccc(CN2CCC3(CC2)OCc2ccncc23)cn1. The maximum atomic E-state index is 13.4. The summed E-state index contributed by atoms with van der Waals surface area (Å²) in [6.45, 7) is 3.16. The number of hydrogen-bond acceptors (Lipinski definition) is 5. The van der Waals surface area contributed by atoms with Crippen molar-refractivity contribution in [1.82, 2.24) is 14.9 Å². The molecule has 0 bridgehead atoms. The number of nitrogens with zero attached hydrogens (tertiary/aromatic N) is 3. The normalized spacial score (nSPS) is 17.6. The Labute approximate surface area is 178 Å². The molecular weight excluding hydrogens is 400 g/mol. The minimum absolute atomic E-state index is 0.0758. The number of rotatable bonds is 4. The van der Waals surface area contributed by atoms with Crippen molar-refractivity contribution in [3.05, 3.63) is 94.6 Å². The van der Waals surface area contributed by atoms with Gasteiger partial charge in [-0.2, -0.15) is 0 Å². The second kappa shape index (κ2) is 7.90. The highest BCUT2D eigenvalue weighted by molar-refractivity contribution is 6.07. The Balaban J connectivity index is 1.22. The van der Waals surface area contributed by atoms with Gasteiger partial charge in [0.2, 0.25) is 5.78 Å². The molecule has 158 valence electrons.